The van der Waals surface area contributed by atoms with Gasteiger partial charge in [0.1, 0.15) is 11.6 Å². The van der Waals surface area contributed by atoms with Crippen LogP contribution in [0.5, 0.6) is 0 Å². The Hall–Kier alpha value is -2.61. The Bertz CT molecular complexity index is 847. The third-order valence-corrected chi connectivity index (χ3v) is 5.16. The van der Waals surface area contributed by atoms with E-state index in [1.54, 1.807) is 0 Å². The summed E-state index contributed by atoms with van der Waals surface area (Å²) in [5.41, 5.74) is 6.89. The number of anilines is 1. The summed E-state index contributed by atoms with van der Waals surface area (Å²) in [7, 11) is 0. The zero-order chi connectivity index (χ0) is 19.2. The minimum Gasteiger partial charge on any atom is -0.362 e. The van der Waals surface area contributed by atoms with E-state index in [9.17, 15) is 18.4 Å². The van der Waals surface area contributed by atoms with Gasteiger partial charge in [0.15, 0.2) is 0 Å². The zero-order valence-corrected chi connectivity index (χ0v) is 15.3. The number of para-hydroxylation sites is 1. The first-order valence-corrected chi connectivity index (χ1v) is 9.50. The van der Waals surface area contributed by atoms with Crippen LogP contribution in [0.2, 0.25) is 0 Å². The van der Waals surface area contributed by atoms with Gasteiger partial charge in [-0.2, -0.15) is 0 Å². The van der Waals surface area contributed by atoms with E-state index in [1.165, 1.54) is 5.56 Å². The number of nitrogens with zero attached hydrogens (tertiary/aromatic N) is 1. The maximum absolute atomic E-state index is 13.5. The van der Waals surface area contributed by atoms with Gasteiger partial charge in [-0.25, -0.2) is 8.78 Å². The van der Waals surface area contributed by atoms with Crippen molar-refractivity contribution in [3.05, 3.63) is 59.7 Å². The van der Waals surface area contributed by atoms with Gasteiger partial charge in [-0.15, -0.1) is 11.8 Å². The number of hydrogen-bond donors (Lipinski definition) is 2. The molecule has 2 N–H and O–H groups in total. The number of fused-ring (bicyclic) bond motifs is 1. The van der Waals surface area contributed by atoms with Crippen LogP contribution >= 0.6 is 11.8 Å². The number of aryl methyl sites for hydroxylation is 1. The van der Waals surface area contributed by atoms with Crippen molar-refractivity contribution in [1.82, 2.24) is 10.9 Å². The van der Waals surface area contributed by atoms with Crippen molar-refractivity contribution in [1.29, 1.82) is 0 Å². The van der Waals surface area contributed by atoms with Crippen LogP contribution in [-0.4, -0.2) is 30.7 Å². The molecule has 0 aromatic heterocycles. The van der Waals surface area contributed by atoms with E-state index in [-0.39, 0.29) is 23.1 Å². The zero-order valence-electron chi connectivity index (χ0n) is 14.5. The monoisotopic (exact) mass is 391 g/mol. The molecule has 3 rings (SSSR count). The quantitative estimate of drug-likeness (QED) is 0.608. The molecule has 2 aromatic carbocycles. The number of nitrogens with one attached hydrogen (secondary N) is 2. The molecule has 0 radical (unpaired) electrons. The number of carbonyl (C=O) groups excluding carboxylic acids is 2. The highest BCUT2D eigenvalue weighted by atomic mass is 32.2. The minimum absolute atomic E-state index is 0.0430. The number of rotatable bonds is 5. The summed E-state index contributed by atoms with van der Waals surface area (Å²) >= 11 is 0.859. The van der Waals surface area contributed by atoms with Crippen molar-refractivity contribution in [3.63, 3.8) is 0 Å². The summed E-state index contributed by atoms with van der Waals surface area (Å²) < 4.78 is 26.6. The first kappa shape index (κ1) is 19.2. The van der Waals surface area contributed by atoms with Gasteiger partial charge < -0.3 is 4.90 Å². The van der Waals surface area contributed by atoms with Gasteiger partial charge in [0.25, 0.3) is 5.91 Å². The average Bonchev–Trinajstić information content (AvgIpc) is 2.67. The second kappa shape index (κ2) is 8.85. The van der Waals surface area contributed by atoms with E-state index in [2.05, 4.69) is 10.9 Å². The Kier molecular flexibility index (Phi) is 6.28. The molecule has 0 saturated heterocycles. The molecule has 2 aromatic rings. The van der Waals surface area contributed by atoms with Crippen LogP contribution in [-0.2, 0) is 16.0 Å². The number of benzene rings is 2. The Morgan fingerprint density at radius 1 is 1.07 bits per heavy atom. The van der Waals surface area contributed by atoms with Gasteiger partial charge >= 0.3 is 0 Å². The molecule has 27 heavy (non-hydrogen) atoms. The molecule has 0 spiro atoms. The molecule has 0 bridgehead atoms. The first-order valence-electron chi connectivity index (χ1n) is 8.51. The lowest BCUT2D eigenvalue weighted by atomic mass is 10.0. The van der Waals surface area contributed by atoms with Crippen LogP contribution in [0.4, 0.5) is 14.5 Å². The van der Waals surface area contributed by atoms with Crippen molar-refractivity contribution in [2.75, 3.05) is 23.7 Å². The number of carbonyl (C=O) groups is 2. The topological polar surface area (TPSA) is 61.4 Å². The summed E-state index contributed by atoms with van der Waals surface area (Å²) in [6, 6.07) is 11.0. The summed E-state index contributed by atoms with van der Waals surface area (Å²) in [4.78, 5) is 26.0. The Labute approximate surface area is 160 Å². The molecule has 1 aliphatic heterocycles. The first-order chi connectivity index (χ1) is 13.0. The summed E-state index contributed by atoms with van der Waals surface area (Å²) in [5, 5.41) is 0. The largest absolute Gasteiger partial charge is 0.362 e. The molecule has 0 saturated carbocycles. The molecule has 0 atom stereocenters. The number of hydrazine groups is 1. The molecule has 8 heteroatoms. The van der Waals surface area contributed by atoms with Gasteiger partial charge in [0.05, 0.1) is 12.3 Å². The van der Waals surface area contributed by atoms with Crippen LogP contribution in [0.15, 0.2) is 47.4 Å². The Morgan fingerprint density at radius 3 is 2.70 bits per heavy atom. The van der Waals surface area contributed by atoms with Crippen molar-refractivity contribution < 1.29 is 18.4 Å². The summed E-state index contributed by atoms with van der Waals surface area (Å²) in [6.45, 7) is 0.899. The van der Waals surface area contributed by atoms with Gasteiger partial charge in [-0.1, -0.05) is 18.2 Å². The predicted octanol–water partition coefficient (Wildman–Crippen LogP) is 2.66. The molecular weight excluding hydrogens is 372 g/mol. The van der Waals surface area contributed by atoms with Crippen molar-refractivity contribution in [3.8, 4) is 0 Å². The van der Waals surface area contributed by atoms with E-state index in [1.807, 2.05) is 29.2 Å². The van der Waals surface area contributed by atoms with Gasteiger partial charge in [-0.3, -0.25) is 20.4 Å². The molecule has 1 heterocycles. The van der Waals surface area contributed by atoms with Gasteiger partial charge in [0, 0.05) is 17.1 Å². The van der Waals surface area contributed by atoms with E-state index >= 15 is 0 Å². The van der Waals surface area contributed by atoms with Crippen LogP contribution in [0.3, 0.4) is 0 Å². The minimum atomic E-state index is -0.595. The third-order valence-electron chi connectivity index (χ3n) is 4.13. The van der Waals surface area contributed by atoms with Crippen LogP contribution < -0.4 is 15.8 Å². The van der Waals surface area contributed by atoms with Gasteiger partial charge in [0.2, 0.25) is 5.91 Å². The lowest BCUT2D eigenvalue weighted by Gasteiger charge is -2.30. The van der Waals surface area contributed by atoms with Crippen molar-refractivity contribution >= 4 is 29.3 Å². The standard InChI is InChI=1S/C19H19F2N3O2S/c20-14-7-8-15(21)17(10-14)27-12-19(26)23-22-18(25)11-24-9-3-5-13-4-1-2-6-16(13)24/h1-2,4,6-8,10H,3,5,9,11-12H2,(H,22,25)(H,23,26). The fourth-order valence-electron chi connectivity index (χ4n) is 2.90. The fourth-order valence-corrected chi connectivity index (χ4v) is 3.66. The highest BCUT2D eigenvalue weighted by molar-refractivity contribution is 8.00. The maximum Gasteiger partial charge on any atom is 0.257 e. The fraction of sp³-hybridized carbons (Fsp3) is 0.263. The Balaban J connectivity index is 1.45. The Morgan fingerprint density at radius 2 is 1.85 bits per heavy atom. The number of thioether (sulfide) groups is 1. The second-order valence-electron chi connectivity index (χ2n) is 6.11. The molecular formula is C19H19F2N3O2S. The predicted molar refractivity (Wildman–Crippen MR) is 100 cm³/mol. The molecule has 2 amide bonds. The van der Waals surface area contributed by atoms with Crippen LogP contribution in [0.25, 0.3) is 0 Å². The number of amides is 2. The molecule has 1 aliphatic rings. The number of hydrogen-bond acceptors (Lipinski definition) is 4. The normalized spacial score (nSPS) is 13.0. The molecule has 0 fully saturated rings. The second-order valence-corrected chi connectivity index (χ2v) is 7.13. The number of halogens is 2. The van der Waals surface area contributed by atoms with Crippen molar-refractivity contribution in [2.45, 2.75) is 17.7 Å². The van der Waals surface area contributed by atoms with E-state index in [0.29, 0.717) is 0 Å². The maximum atomic E-state index is 13.5. The average molecular weight is 391 g/mol. The molecule has 142 valence electrons. The SMILES string of the molecule is O=C(CSc1cc(F)ccc1F)NNC(=O)CN1CCCc2ccccc21. The lowest BCUT2D eigenvalue weighted by Crippen LogP contribution is -2.47. The third kappa shape index (κ3) is 5.19. The molecule has 5 nitrogen and oxygen atoms in total. The van der Waals surface area contributed by atoms with Crippen LogP contribution in [0, 0.1) is 11.6 Å². The molecule has 0 unspecified atom stereocenters. The van der Waals surface area contributed by atoms with E-state index in [0.717, 1.165) is 55.0 Å². The highest BCUT2D eigenvalue weighted by Crippen LogP contribution is 2.26. The van der Waals surface area contributed by atoms with E-state index in [4.69, 9.17) is 0 Å². The van der Waals surface area contributed by atoms with Crippen molar-refractivity contribution in [2.24, 2.45) is 0 Å². The van der Waals surface area contributed by atoms with Crippen LogP contribution in [0.1, 0.15) is 12.0 Å². The van der Waals surface area contributed by atoms with E-state index < -0.39 is 17.5 Å². The smallest absolute Gasteiger partial charge is 0.257 e. The molecule has 0 aliphatic carbocycles. The lowest BCUT2D eigenvalue weighted by molar-refractivity contribution is -0.126. The van der Waals surface area contributed by atoms with Gasteiger partial charge in [-0.05, 0) is 42.7 Å². The summed E-state index contributed by atoms with van der Waals surface area (Å²) in [6.07, 6.45) is 1.95. The highest BCUT2D eigenvalue weighted by Gasteiger charge is 2.18. The summed E-state index contributed by atoms with van der Waals surface area (Å²) in [5.74, 6) is -2.16.